The van der Waals surface area contributed by atoms with E-state index >= 15 is 0 Å². The van der Waals surface area contributed by atoms with Gasteiger partial charge in [0.25, 0.3) is 5.91 Å². The molecule has 1 aromatic carbocycles. The molecule has 1 saturated heterocycles. The van der Waals surface area contributed by atoms with Crippen LogP contribution in [-0.2, 0) is 4.79 Å². The molecule has 1 aliphatic heterocycles. The topological polar surface area (TPSA) is 70.2 Å². The lowest BCUT2D eigenvalue weighted by Gasteiger charge is -2.28. The third-order valence-electron chi connectivity index (χ3n) is 4.69. The summed E-state index contributed by atoms with van der Waals surface area (Å²) in [6, 6.07) is 7.45. The summed E-state index contributed by atoms with van der Waals surface area (Å²) in [4.78, 5) is 24.0. The van der Waals surface area contributed by atoms with Crippen molar-refractivity contribution in [1.82, 2.24) is 16.0 Å². The molecule has 2 unspecified atom stereocenters. The van der Waals surface area contributed by atoms with Crippen LogP contribution in [0.1, 0.15) is 42.1 Å². The number of piperidine rings is 1. The maximum atomic E-state index is 12.0. The molecule has 1 heterocycles. The predicted octanol–water partition coefficient (Wildman–Crippen LogP) is 1.87. The molecule has 2 atom stereocenters. The van der Waals surface area contributed by atoms with Gasteiger partial charge in [-0.2, -0.15) is 0 Å². The van der Waals surface area contributed by atoms with Gasteiger partial charge in [0, 0.05) is 25.1 Å². The zero-order chi connectivity index (χ0) is 17.4. The highest BCUT2D eigenvalue weighted by molar-refractivity contribution is 5.94. The second-order valence-corrected chi connectivity index (χ2v) is 6.76. The molecule has 1 fully saturated rings. The van der Waals surface area contributed by atoms with E-state index in [1.54, 1.807) is 0 Å². The highest BCUT2D eigenvalue weighted by Gasteiger charge is 2.21. The van der Waals surface area contributed by atoms with Crippen molar-refractivity contribution in [1.29, 1.82) is 0 Å². The van der Waals surface area contributed by atoms with Crippen molar-refractivity contribution in [2.45, 2.75) is 33.1 Å². The lowest BCUT2D eigenvalue weighted by Crippen LogP contribution is -2.37. The van der Waals surface area contributed by atoms with E-state index in [0.29, 0.717) is 36.9 Å². The lowest BCUT2D eigenvalue weighted by atomic mass is 9.85. The Morgan fingerprint density at radius 1 is 1.21 bits per heavy atom. The summed E-state index contributed by atoms with van der Waals surface area (Å²) in [6.07, 6.45) is 2.95. The molecule has 0 aromatic heterocycles. The first-order valence-corrected chi connectivity index (χ1v) is 8.88. The average Bonchev–Trinajstić information content (AvgIpc) is 2.60. The van der Waals surface area contributed by atoms with E-state index in [1.165, 1.54) is 12.8 Å². The largest absolute Gasteiger partial charge is 0.354 e. The van der Waals surface area contributed by atoms with Gasteiger partial charge in [-0.3, -0.25) is 9.59 Å². The van der Waals surface area contributed by atoms with E-state index in [9.17, 15) is 9.59 Å². The molecule has 0 spiro atoms. The van der Waals surface area contributed by atoms with E-state index < -0.39 is 0 Å². The standard InChI is InChI=1S/C19H29N3O2/c1-14-5-7-16(8-6-14)19(24)22-11-10-21-18(23)12-15(2)17-4-3-9-20-13-17/h5-8,15,17,20H,3-4,9-13H2,1-2H3,(H,21,23)(H,22,24). The summed E-state index contributed by atoms with van der Waals surface area (Å²) < 4.78 is 0. The van der Waals surface area contributed by atoms with E-state index in [0.717, 1.165) is 18.7 Å². The number of carbonyl (C=O) groups is 2. The Morgan fingerprint density at radius 2 is 1.92 bits per heavy atom. The second kappa shape index (κ2) is 9.42. The van der Waals surface area contributed by atoms with Crippen LogP contribution < -0.4 is 16.0 Å². The fraction of sp³-hybridized carbons (Fsp3) is 0.579. The van der Waals surface area contributed by atoms with E-state index in [2.05, 4.69) is 22.9 Å². The fourth-order valence-corrected chi connectivity index (χ4v) is 3.08. The Balaban J connectivity index is 1.61. The van der Waals surface area contributed by atoms with Gasteiger partial charge in [-0.25, -0.2) is 0 Å². The number of aryl methyl sites for hydroxylation is 1. The van der Waals surface area contributed by atoms with Gasteiger partial charge >= 0.3 is 0 Å². The van der Waals surface area contributed by atoms with Crippen LogP contribution in [0, 0.1) is 18.8 Å². The van der Waals surface area contributed by atoms with Crippen molar-refractivity contribution in [3.63, 3.8) is 0 Å². The van der Waals surface area contributed by atoms with Gasteiger partial charge in [-0.05, 0) is 56.8 Å². The Kier molecular flexibility index (Phi) is 7.25. The molecular formula is C19H29N3O2. The monoisotopic (exact) mass is 331 g/mol. The molecule has 3 N–H and O–H groups in total. The summed E-state index contributed by atoms with van der Waals surface area (Å²) in [7, 11) is 0. The predicted molar refractivity (Wildman–Crippen MR) is 95.9 cm³/mol. The minimum Gasteiger partial charge on any atom is -0.354 e. The van der Waals surface area contributed by atoms with E-state index in [-0.39, 0.29) is 11.8 Å². The molecule has 5 heteroatoms. The van der Waals surface area contributed by atoms with E-state index in [1.807, 2.05) is 31.2 Å². The summed E-state index contributed by atoms with van der Waals surface area (Å²) in [6.45, 7) is 7.15. The summed E-state index contributed by atoms with van der Waals surface area (Å²) in [5.41, 5.74) is 1.77. The fourth-order valence-electron chi connectivity index (χ4n) is 3.08. The van der Waals surface area contributed by atoms with Crippen LogP contribution in [0.4, 0.5) is 0 Å². The van der Waals surface area contributed by atoms with Crippen LogP contribution in [0.3, 0.4) is 0 Å². The third-order valence-corrected chi connectivity index (χ3v) is 4.69. The van der Waals surface area contributed by atoms with Gasteiger partial charge in [-0.15, -0.1) is 0 Å². The number of carbonyl (C=O) groups excluding carboxylic acids is 2. The van der Waals surface area contributed by atoms with Crippen LogP contribution in [0.15, 0.2) is 24.3 Å². The minimum atomic E-state index is -0.106. The number of benzene rings is 1. The van der Waals surface area contributed by atoms with Crippen LogP contribution in [-0.4, -0.2) is 38.0 Å². The zero-order valence-corrected chi connectivity index (χ0v) is 14.7. The SMILES string of the molecule is Cc1ccc(C(=O)NCCNC(=O)CC(C)C2CCCNC2)cc1. The molecule has 132 valence electrons. The van der Waals surface area contributed by atoms with Gasteiger partial charge in [0.1, 0.15) is 0 Å². The molecule has 2 rings (SSSR count). The molecule has 5 nitrogen and oxygen atoms in total. The van der Waals surface area contributed by atoms with E-state index in [4.69, 9.17) is 0 Å². The number of nitrogens with one attached hydrogen (secondary N) is 3. The van der Waals surface area contributed by atoms with Crippen LogP contribution in [0.5, 0.6) is 0 Å². The summed E-state index contributed by atoms with van der Waals surface area (Å²) in [5.74, 6) is 0.939. The maximum absolute atomic E-state index is 12.0. The van der Waals surface area contributed by atoms with Crippen molar-refractivity contribution < 1.29 is 9.59 Å². The Bertz CT molecular complexity index is 536. The maximum Gasteiger partial charge on any atom is 0.251 e. The number of amides is 2. The first-order chi connectivity index (χ1) is 11.6. The third kappa shape index (κ3) is 5.96. The van der Waals surface area contributed by atoms with Crippen molar-refractivity contribution in [3.05, 3.63) is 35.4 Å². The Labute approximate surface area is 144 Å². The van der Waals surface area contributed by atoms with Gasteiger partial charge in [0.05, 0.1) is 0 Å². The van der Waals surface area contributed by atoms with Crippen molar-refractivity contribution in [2.24, 2.45) is 11.8 Å². The quantitative estimate of drug-likeness (QED) is 0.668. The smallest absolute Gasteiger partial charge is 0.251 e. The Hall–Kier alpha value is -1.88. The number of hydrogen-bond acceptors (Lipinski definition) is 3. The molecule has 0 bridgehead atoms. The van der Waals surface area contributed by atoms with Crippen molar-refractivity contribution in [2.75, 3.05) is 26.2 Å². The summed E-state index contributed by atoms with van der Waals surface area (Å²) in [5, 5.41) is 9.11. The highest BCUT2D eigenvalue weighted by atomic mass is 16.2. The van der Waals surface area contributed by atoms with Crippen molar-refractivity contribution in [3.8, 4) is 0 Å². The molecular weight excluding hydrogens is 302 g/mol. The van der Waals surface area contributed by atoms with Crippen LogP contribution >= 0.6 is 0 Å². The average molecular weight is 331 g/mol. The first-order valence-electron chi connectivity index (χ1n) is 8.88. The molecule has 0 aliphatic carbocycles. The van der Waals surface area contributed by atoms with Crippen molar-refractivity contribution >= 4 is 11.8 Å². The van der Waals surface area contributed by atoms with Gasteiger partial charge < -0.3 is 16.0 Å². The molecule has 24 heavy (non-hydrogen) atoms. The highest BCUT2D eigenvalue weighted by Crippen LogP contribution is 2.22. The molecule has 1 aliphatic rings. The van der Waals surface area contributed by atoms with Crippen LogP contribution in [0.2, 0.25) is 0 Å². The second-order valence-electron chi connectivity index (χ2n) is 6.76. The summed E-state index contributed by atoms with van der Waals surface area (Å²) >= 11 is 0. The number of hydrogen-bond donors (Lipinski definition) is 3. The normalized spacial score (nSPS) is 18.7. The molecule has 2 amide bonds. The van der Waals surface area contributed by atoms with Gasteiger partial charge in [0.15, 0.2) is 0 Å². The van der Waals surface area contributed by atoms with Gasteiger partial charge in [-0.1, -0.05) is 24.6 Å². The first kappa shape index (κ1) is 18.5. The van der Waals surface area contributed by atoms with Gasteiger partial charge in [0.2, 0.25) is 5.91 Å². The molecule has 0 radical (unpaired) electrons. The minimum absolute atomic E-state index is 0.0673. The zero-order valence-electron chi connectivity index (χ0n) is 14.7. The lowest BCUT2D eigenvalue weighted by molar-refractivity contribution is -0.122. The molecule has 1 aromatic rings. The Morgan fingerprint density at radius 3 is 2.58 bits per heavy atom. The molecule has 0 saturated carbocycles. The number of rotatable bonds is 7. The van der Waals surface area contributed by atoms with Crippen LogP contribution in [0.25, 0.3) is 0 Å².